The number of aldehydes is 1. The summed E-state index contributed by atoms with van der Waals surface area (Å²) < 4.78 is 5.23. The van der Waals surface area contributed by atoms with Crippen molar-refractivity contribution >= 4 is 18.3 Å². The van der Waals surface area contributed by atoms with Crippen molar-refractivity contribution in [2.24, 2.45) is 5.92 Å². The van der Waals surface area contributed by atoms with Gasteiger partial charge in [0.1, 0.15) is 18.9 Å². The SMILES string of the molecule is CC(C)[C@H](NC(=O)OCc1ccccc1)C(=O)N(CC=O)C1CCCC1. The van der Waals surface area contributed by atoms with E-state index in [9.17, 15) is 14.4 Å². The first kappa shape index (κ1) is 19.9. The lowest BCUT2D eigenvalue weighted by atomic mass is 10.0. The molecular weight excluding hydrogens is 332 g/mol. The summed E-state index contributed by atoms with van der Waals surface area (Å²) in [6, 6.07) is 8.73. The minimum atomic E-state index is -0.709. The normalized spacial score (nSPS) is 15.5. The van der Waals surface area contributed by atoms with E-state index in [0.29, 0.717) is 0 Å². The van der Waals surface area contributed by atoms with E-state index in [-0.39, 0.29) is 31.0 Å². The molecule has 1 saturated carbocycles. The van der Waals surface area contributed by atoms with Crippen LogP contribution in [0.3, 0.4) is 0 Å². The number of benzene rings is 1. The van der Waals surface area contributed by atoms with Gasteiger partial charge in [-0.25, -0.2) is 4.79 Å². The largest absolute Gasteiger partial charge is 0.445 e. The minimum Gasteiger partial charge on any atom is -0.445 e. The zero-order chi connectivity index (χ0) is 18.9. The van der Waals surface area contributed by atoms with Gasteiger partial charge in [-0.05, 0) is 24.3 Å². The molecule has 2 amide bonds. The molecule has 1 aromatic carbocycles. The standard InChI is InChI=1S/C20H28N2O4/c1-15(2)18(19(24)22(12-13-23)17-10-6-7-11-17)21-20(25)26-14-16-8-4-3-5-9-16/h3-5,8-9,13,15,17-18H,6-7,10-12,14H2,1-2H3,(H,21,25)/t18-/m0/s1. The molecule has 1 aliphatic rings. The molecule has 0 unspecified atom stereocenters. The van der Waals surface area contributed by atoms with Crippen molar-refractivity contribution in [3.63, 3.8) is 0 Å². The van der Waals surface area contributed by atoms with Crippen molar-refractivity contribution in [2.75, 3.05) is 6.54 Å². The molecule has 1 atom stereocenters. The number of amides is 2. The fourth-order valence-corrected chi connectivity index (χ4v) is 3.30. The third-order valence-electron chi connectivity index (χ3n) is 4.74. The zero-order valence-electron chi connectivity index (χ0n) is 15.5. The van der Waals surface area contributed by atoms with Crippen LogP contribution in [-0.4, -0.2) is 41.8 Å². The second-order valence-electron chi connectivity index (χ2n) is 7.02. The molecular formula is C20H28N2O4. The lowest BCUT2D eigenvalue weighted by molar-refractivity contribution is -0.138. The Bertz CT molecular complexity index is 597. The number of ether oxygens (including phenoxy) is 1. The Morgan fingerprint density at radius 3 is 2.46 bits per heavy atom. The van der Waals surface area contributed by atoms with Crippen molar-refractivity contribution in [2.45, 2.75) is 58.2 Å². The summed E-state index contributed by atoms with van der Waals surface area (Å²) in [6.07, 6.45) is 4.06. The fourth-order valence-electron chi connectivity index (χ4n) is 3.30. The summed E-state index contributed by atoms with van der Waals surface area (Å²) in [4.78, 5) is 37.8. The Hall–Kier alpha value is -2.37. The summed E-state index contributed by atoms with van der Waals surface area (Å²) in [5, 5.41) is 2.68. The Morgan fingerprint density at radius 2 is 1.88 bits per heavy atom. The van der Waals surface area contributed by atoms with Crippen LogP contribution in [0, 0.1) is 5.92 Å². The van der Waals surface area contributed by atoms with Crippen LogP contribution in [-0.2, 0) is 20.9 Å². The van der Waals surface area contributed by atoms with Crippen LogP contribution in [0.15, 0.2) is 30.3 Å². The van der Waals surface area contributed by atoms with Crippen LogP contribution in [0.25, 0.3) is 0 Å². The molecule has 0 radical (unpaired) electrons. The number of hydrogen-bond acceptors (Lipinski definition) is 4. The quantitative estimate of drug-likeness (QED) is 0.723. The zero-order valence-corrected chi connectivity index (χ0v) is 15.5. The number of hydrogen-bond donors (Lipinski definition) is 1. The van der Waals surface area contributed by atoms with Gasteiger partial charge in [0, 0.05) is 6.04 Å². The number of alkyl carbamates (subject to hydrolysis) is 1. The van der Waals surface area contributed by atoms with Gasteiger partial charge in [0.15, 0.2) is 0 Å². The number of nitrogens with zero attached hydrogens (tertiary/aromatic N) is 1. The van der Waals surface area contributed by atoms with Crippen molar-refractivity contribution in [1.82, 2.24) is 10.2 Å². The number of rotatable bonds is 8. The minimum absolute atomic E-state index is 0.0630. The van der Waals surface area contributed by atoms with Gasteiger partial charge in [0.2, 0.25) is 5.91 Å². The van der Waals surface area contributed by atoms with Crippen molar-refractivity contribution in [3.05, 3.63) is 35.9 Å². The van der Waals surface area contributed by atoms with Crippen molar-refractivity contribution in [1.29, 1.82) is 0 Å². The van der Waals surface area contributed by atoms with E-state index in [2.05, 4.69) is 5.32 Å². The third-order valence-corrected chi connectivity index (χ3v) is 4.74. The molecule has 0 aromatic heterocycles. The third kappa shape index (κ3) is 5.58. The predicted octanol–water partition coefficient (Wildman–Crippen LogP) is 2.91. The smallest absolute Gasteiger partial charge is 0.408 e. The van der Waals surface area contributed by atoms with E-state index in [1.165, 1.54) is 0 Å². The van der Waals surface area contributed by atoms with Crippen LogP contribution < -0.4 is 5.32 Å². The van der Waals surface area contributed by atoms with Crippen LogP contribution in [0.5, 0.6) is 0 Å². The van der Waals surface area contributed by atoms with E-state index in [1.54, 1.807) is 4.90 Å². The van der Waals surface area contributed by atoms with Crippen LogP contribution in [0.2, 0.25) is 0 Å². The second-order valence-corrected chi connectivity index (χ2v) is 7.02. The van der Waals surface area contributed by atoms with Gasteiger partial charge < -0.3 is 19.7 Å². The molecule has 26 heavy (non-hydrogen) atoms. The first-order valence-electron chi connectivity index (χ1n) is 9.24. The molecule has 1 fully saturated rings. The number of nitrogens with one attached hydrogen (secondary N) is 1. The maximum absolute atomic E-state index is 13.0. The van der Waals surface area contributed by atoms with Gasteiger partial charge in [-0.1, -0.05) is 57.0 Å². The van der Waals surface area contributed by atoms with Crippen LogP contribution >= 0.6 is 0 Å². The van der Waals surface area contributed by atoms with E-state index in [4.69, 9.17) is 4.74 Å². The van der Waals surface area contributed by atoms with Crippen LogP contribution in [0.1, 0.15) is 45.1 Å². The van der Waals surface area contributed by atoms with Gasteiger partial charge in [-0.2, -0.15) is 0 Å². The highest BCUT2D eigenvalue weighted by atomic mass is 16.5. The molecule has 0 heterocycles. The molecule has 0 bridgehead atoms. The highest BCUT2D eigenvalue weighted by Gasteiger charge is 2.33. The molecule has 2 rings (SSSR count). The molecule has 0 spiro atoms. The lowest BCUT2D eigenvalue weighted by Gasteiger charge is -2.32. The van der Waals surface area contributed by atoms with Gasteiger partial charge in [-0.3, -0.25) is 4.79 Å². The maximum atomic E-state index is 13.0. The predicted molar refractivity (Wildman–Crippen MR) is 98.4 cm³/mol. The number of carbonyl (C=O) groups is 3. The molecule has 142 valence electrons. The Morgan fingerprint density at radius 1 is 1.23 bits per heavy atom. The summed E-state index contributed by atoms with van der Waals surface area (Å²) in [5.41, 5.74) is 0.878. The Balaban J connectivity index is 1.98. The van der Waals surface area contributed by atoms with Crippen LogP contribution in [0.4, 0.5) is 4.79 Å². The highest BCUT2D eigenvalue weighted by Crippen LogP contribution is 2.24. The monoisotopic (exact) mass is 360 g/mol. The van der Waals surface area contributed by atoms with E-state index in [1.807, 2.05) is 44.2 Å². The first-order chi connectivity index (χ1) is 12.5. The molecule has 6 heteroatoms. The Kier molecular flexibility index (Phi) is 7.63. The molecule has 0 aliphatic heterocycles. The summed E-state index contributed by atoms with van der Waals surface area (Å²) in [6.45, 7) is 3.95. The van der Waals surface area contributed by atoms with E-state index >= 15 is 0 Å². The molecule has 6 nitrogen and oxygen atoms in total. The summed E-state index contributed by atoms with van der Waals surface area (Å²) in [5.74, 6) is -0.321. The number of carbonyl (C=O) groups excluding carboxylic acids is 3. The summed E-state index contributed by atoms with van der Waals surface area (Å²) >= 11 is 0. The molecule has 0 saturated heterocycles. The van der Waals surface area contributed by atoms with E-state index < -0.39 is 12.1 Å². The van der Waals surface area contributed by atoms with Gasteiger partial charge in [0.25, 0.3) is 0 Å². The lowest BCUT2D eigenvalue weighted by Crippen LogP contribution is -2.54. The molecule has 1 N–H and O–H groups in total. The maximum Gasteiger partial charge on any atom is 0.408 e. The average molecular weight is 360 g/mol. The van der Waals surface area contributed by atoms with Gasteiger partial charge in [0.05, 0.1) is 6.54 Å². The second kappa shape index (κ2) is 9.94. The van der Waals surface area contributed by atoms with Crippen molar-refractivity contribution in [3.8, 4) is 0 Å². The topological polar surface area (TPSA) is 75.7 Å². The van der Waals surface area contributed by atoms with Gasteiger partial charge in [-0.15, -0.1) is 0 Å². The highest BCUT2D eigenvalue weighted by molar-refractivity contribution is 5.87. The first-order valence-corrected chi connectivity index (χ1v) is 9.24. The Labute approximate surface area is 154 Å². The van der Waals surface area contributed by atoms with Gasteiger partial charge >= 0.3 is 6.09 Å². The van der Waals surface area contributed by atoms with Crippen molar-refractivity contribution < 1.29 is 19.1 Å². The average Bonchev–Trinajstić information content (AvgIpc) is 3.17. The fraction of sp³-hybridized carbons (Fsp3) is 0.550. The summed E-state index contributed by atoms with van der Waals surface area (Å²) in [7, 11) is 0. The van der Waals surface area contributed by atoms with E-state index in [0.717, 1.165) is 37.5 Å². The molecule has 1 aliphatic carbocycles. The molecule has 1 aromatic rings.